The van der Waals surface area contributed by atoms with E-state index in [-0.39, 0.29) is 0 Å². The molecule has 2 nitrogen and oxygen atoms in total. The third-order valence-corrected chi connectivity index (χ3v) is 2.73. The first-order valence-corrected chi connectivity index (χ1v) is 5.47. The van der Waals surface area contributed by atoms with Gasteiger partial charge in [0.1, 0.15) is 0 Å². The Kier molecular flexibility index (Phi) is 3.22. The molecule has 1 aliphatic rings. The van der Waals surface area contributed by atoms with Crippen molar-refractivity contribution in [1.82, 2.24) is 4.90 Å². The van der Waals surface area contributed by atoms with Gasteiger partial charge in [-0.15, -0.1) is 0 Å². The molecule has 1 atom stereocenters. The van der Waals surface area contributed by atoms with Crippen LogP contribution in [0.5, 0.6) is 0 Å². The molecule has 0 aliphatic carbocycles. The van der Waals surface area contributed by atoms with Crippen LogP contribution in [0.25, 0.3) is 0 Å². The second-order valence-corrected chi connectivity index (χ2v) is 4.50. The highest BCUT2D eigenvalue weighted by molar-refractivity contribution is 7.98. The molecule has 1 saturated heterocycles. The van der Waals surface area contributed by atoms with E-state index in [1.165, 1.54) is 5.75 Å². The molecule has 1 unspecified atom stereocenters. The maximum Gasteiger partial charge on any atom is 0.0758 e. The third-order valence-electron chi connectivity index (χ3n) is 2.14. The van der Waals surface area contributed by atoms with Crippen molar-refractivity contribution in [1.29, 1.82) is 0 Å². The van der Waals surface area contributed by atoms with Gasteiger partial charge in [-0.25, -0.2) is 0 Å². The summed E-state index contributed by atoms with van der Waals surface area (Å²) in [5.41, 5.74) is -0.418. The second-order valence-electron chi connectivity index (χ2n) is 3.52. The van der Waals surface area contributed by atoms with Crippen molar-refractivity contribution in [3.05, 3.63) is 0 Å². The van der Waals surface area contributed by atoms with Gasteiger partial charge in [-0.2, -0.15) is 11.8 Å². The molecule has 0 saturated carbocycles. The largest absolute Gasteiger partial charge is 0.389 e. The Morgan fingerprint density at radius 2 is 2.36 bits per heavy atom. The van der Waals surface area contributed by atoms with Gasteiger partial charge in [0.15, 0.2) is 0 Å². The van der Waals surface area contributed by atoms with Crippen molar-refractivity contribution in [3.63, 3.8) is 0 Å². The summed E-state index contributed by atoms with van der Waals surface area (Å²) in [6, 6.07) is 0. The topological polar surface area (TPSA) is 23.5 Å². The lowest BCUT2D eigenvalue weighted by molar-refractivity contribution is 0.0696. The zero-order chi connectivity index (χ0) is 8.32. The van der Waals surface area contributed by atoms with Crippen LogP contribution in [-0.4, -0.2) is 47.3 Å². The fourth-order valence-electron chi connectivity index (χ4n) is 1.45. The van der Waals surface area contributed by atoms with Gasteiger partial charge in [-0.3, -0.25) is 4.90 Å². The first-order valence-electron chi connectivity index (χ1n) is 4.08. The molecule has 1 aliphatic heterocycles. The van der Waals surface area contributed by atoms with Crippen LogP contribution in [-0.2, 0) is 0 Å². The molecule has 0 aromatic carbocycles. The van der Waals surface area contributed by atoms with E-state index in [4.69, 9.17) is 0 Å². The van der Waals surface area contributed by atoms with E-state index in [9.17, 15) is 5.11 Å². The van der Waals surface area contributed by atoms with Gasteiger partial charge in [-0.05, 0) is 19.6 Å². The summed E-state index contributed by atoms with van der Waals surface area (Å²) < 4.78 is 0. The van der Waals surface area contributed by atoms with Gasteiger partial charge < -0.3 is 5.11 Å². The number of β-amino-alcohol motifs (C(OH)–C–C–N with tert-alkyl or cyclic N) is 1. The highest BCUT2D eigenvalue weighted by Gasteiger charge is 2.30. The second kappa shape index (κ2) is 3.78. The predicted molar refractivity (Wildman–Crippen MR) is 50.1 cm³/mol. The Morgan fingerprint density at radius 1 is 1.64 bits per heavy atom. The summed E-state index contributed by atoms with van der Waals surface area (Å²) in [5.74, 6) is 1.18. The van der Waals surface area contributed by atoms with E-state index in [2.05, 4.69) is 11.2 Å². The average molecular weight is 175 g/mol. The zero-order valence-electron chi connectivity index (χ0n) is 7.34. The average Bonchev–Trinajstić information content (AvgIpc) is 2.26. The van der Waals surface area contributed by atoms with E-state index < -0.39 is 5.60 Å². The van der Waals surface area contributed by atoms with Gasteiger partial charge in [0, 0.05) is 25.4 Å². The molecule has 11 heavy (non-hydrogen) atoms. The Hall–Kier alpha value is 0.270. The Bertz CT molecular complexity index is 127. The Morgan fingerprint density at radius 3 is 2.82 bits per heavy atom. The first-order chi connectivity index (χ1) is 5.14. The summed E-state index contributed by atoms with van der Waals surface area (Å²) in [6.45, 7) is 4.96. The van der Waals surface area contributed by atoms with Crippen LogP contribution < -0.4 is 0 Å². The summed E-state index contributed by atoms with van der Waals surface area (Å²) in [4.78, 5) is 2.33. The van der Waals surface area contributed by atoms with E-state index in [0.717, 1.165) is 26.1 Å². The van der Waals surface area contributed by atoms with Crippen molar-refractivity contribution >= 4 is 11.8 Å². The number of hydrogen-bond acceptors (Lipinski definition) is 3. The first kappa shape index (κ1) is 9.36. The smallest absolute Gasteiger partial charge is 0.0758 e. The van der Waals surface area contributed by atoms with Crippen molar-refractivity contribution < 1.29 is 5.11 Å². The molecule has 0 radical (unpaired) electrons. The standard InChI is InChI=1S/C8H17NOS/c1-8(10)3-4-9(7-8)5-6-11-2/h10H,3-7H2,1-2H3. The van der Waals surface area contributed by atoms with Crippen molar-refractivity contribution in [2.75, 3.05) is 31.6 Å². The SMILES string of the molecule is CSCCN1CCC(C)(O)C1. The van der Waals surface area contributed by atoms with Crippen LogP contribution in [0.15, 0.2) is 0 Å². The van der Waals surface area contributed by atoms with E-state index in [1.807, 2.05) is 18.7 Å². The fourth-order valence-corrected chi connectivity index (χ4v) is 1.89. The summed E-state index contributed by atoms with van der Waals surface area (Å²) in [6.07, 6.45) is 3.05. The van der Waals surface area contributed by atoms with Crippen LogP contribution in [0.1, 0.15) is 13.3 Å². The molecule has 0 aromatic rings. The summed E-state index contributed by atoms with van der Waals surface area (Å²) >= 11 is 1.87. The van der Waals surface area contributed by atoms with Crippen LogP contribution in [0.3, 0.4) is 0 Å². The lowest BCUT2D eigenvalue weighted by atomic mass is 10.1. The minimum absolute atomic E-state index is 0.418. The molecule has 0 bridgehead atoms. The third kappa shape index (κ3) is 3.01. The van der Waals surface area contributed by atoms with Gasteiger partial charge in [0.05, 0.1) is 5.60 Å². The van der Waals surface area contributed by atoms with Gasteiger partial charge in [-0.1, -0.05) is 0 Å². The Labute approximate surface area is 73.0 Å². The maximum absolute atomic E-state index is 9.62. The van der Waals surface area contributed by atoms with Crippen LogP contribution in [0.4, 0.5) is 0 Å². The zero-order valence-corrected chi connectivity index (χ0v) is 8.15. The van der Waals surface area contributed by atoms with Crippen LogP contribution in [0, 0.1) is 0 Å². The molecule has 1 fully saturated rings. The van der Waals surface area contributed by atoms with E-state index in [1.54, 1.807) is 0 Å². The lowest BCUT2D eigenvalue weighted by Crippen LogP contribution is -2.30. The molecular weight excluding hydrogens is 158 g/mol. The van der Waals surface area contributed by atoms with Crippen molar-refractivity contribution in [2.24, 2.45) is 0 Å². The lowest BCUT2D eigenvalue weighted by Gasteiger charge is -2.17. The monoisotopic (exact) mass is 175 g/mol. The summed E-state index contributed by atoms with van der Waals surface area (Å²) in [5, 5.41) is 9.62. The van der Waals surface area contributed by atoms with Crippen LogP contribution >= 0.6 is 11.8 Å². The Balaban J connectivity index is 2.20. The molecular formula is C8H17NOS. The minimum atomic E-state index is -0.418. The molecule has 1 N–H and O–H groups in total. The molecule has 1 heterocycles. The highest BCUT2D eigenvalue weighted by Crippen LogP contribution is 2.19. The summed E-state index contributed by atoms with van der Waals surface area (Å²) in [7, 11) is 0. The molecule has 66 valence electrons. The minimum Gasteiger partial charge on any atom is -0.389 e. The molecule has 0 aromatic heterocycles. The van der Waals surface area contributed by atoms with Gasteiger partial charge in [0.25, 0.3) is 0 Å². The number of rotatable bonds is 3. The van der Waals surface area contributed by atoms with E-state index in [0.29, 0.717) is 0 Å². The predicted octanol–water partition coefficient (Wildman–Crippen LogP) is 0.806. The highest BCUT2D eigenvalue weighted by atomic mass is 32.2. The van der Waals surface area contributed by atoms with Gasteiger partial charge in [0.2, 0.25) is 0 Å². The fraction of sp³-hybridized carbons (Fsp3) is 1.00. The van der Waals surface area contributed by atoms with E-state index >= 15 is 0 Å². The normalized spacial score (nSPS) is 33.0. The molecule has 0 spiro atoms. The molecule has 3 heteroatoms. The molecule has 1 rings (SSSR count). The number of aliphatic hydroxyl groups is 1. The quantitative estimate of drug-likeness (QED) is 0.686. The van der Waals surface area contributed by atoms with Crippen molar-refractivity contribution in [3.8, 4) is 0 Å². The maximum atomic E-state index is 9.62. The van der Waals surface area contributed by atoms with Crippen LogP contribution in [0.2, 0.25) is 0 Å². The number of thioether (sulfide) groups is 1. The van der Waals surface area contributed by atoms with Crippen molar-refractivity contribution in [2.45, 2.75) is 18.9 Å². The van der Waals surface area contributed by atoms with Gasteiger partial charge >= 0.3 is 0 Å². The molecule has 0 amide bonds. The number of nitrogens with zero attached hydrogens (tertiary/aromatic N) is 1. The number of hydrogen-bond donors (Lipinski definition) is 1. The number of likely N-dealkylation sites (tertiary alicyclic amines) is 1.